The van der Waals surface area contributed by atoms with Crippen LogP contribution in [0.2, 0.25) is 0 Å². The van der Waals surface area contributed by atoms with Gasteiger partial charge >= 0.3 is 0 Å². The molecule has 2 aromatic rings. The molecule has 0 radical (unpaired) electrons. The molecule has 3 heterocycles. The van der Waals surface area contributed by atoms with Gasteiger partial charge < -0.3 is 14.4 Å². The Morgan fingerprint density at radius 2 is 2.15 bits per heavy atom. The van der Waals surface area contributed by atoms with Crippen LogP contribution >= 0.6 is 0 Å². The lowest BCUT2D eigenvalue weighted by Crippen LogP contribution is -2.42. The summed E-state index contributed by atoms with van der Waals surface area (Å²) in [6.45, 7) is 1.77. The summed E-state index contributed by atoms with van der Waals surface area (Å²) in [7, 11) is 1.70. The van der Waals surface area contributed by atoms with Crippen LogP contribution in [0.3, 0.4) is 0 Å². The van der Waals surface area contributed by atoms with Crippen LogP contribution in [-0.4, -0.2) is 54.3 Å². The molecule has 2 aliphatic rings. The second-order valence-electron chi connectivity index (χ2n) is 7.25. The van der Waals surface area contributed by atoms with E-state index in [4.69, 9.17) is 9.47 Å². The van der Waals surface area contributed by atoms with Crippen molar-refractivity contribution in [3.63, 3.8) is 0 Å². The fourth-order valence-corrected chi connectivity index (χ4v) is 4.14. The van der Waals surface area contributed by atoms with E-state index in [1.807, 2.05) is 23.1 Å². The summed E-state index contributed by atoms with van der Waals surface area (Å²) >= 11 is 0. The van der Waals surface area contributed by atoms with Crippen LogP contribution in [-0.2, 0) is 14.3 Å². The Labute approximate surface area is 159 Å². The smallest absolute Gasteiger partial charge is 0.246 e. The molecule has 0 unspecified atom stereocenters. The third-order valence-corrected chi connectivity index (χ3v) is 5.57. The van der Waals surface area contributed by atoms with E-state index in [1.54, 1.807) is 31.7 Å². The maximum absolute atomic E-state index is 12.7. The summed E-state index contributed by atoms with van der Waals surface area (Å²) in [6.07, 6.45) is 7.61. The Bertz CT molecular complexity index is 809. The molecule has 2 saturated heterocycles. The van der Waals surface area contributed by atoms with Gasteiger partial charge in [0.25, 0.3) is 0 Å². The van der Waals surface area contributed by atoms with E-state index in [0.29, 0.717) is 25.6 Å². The van der Waals surface area contributed by atoms with Crippen molar-refractivity contribution in [2.75, 3.05) is 26.8 Å². The quantitative estimate of drug-likeness (QED) is 0.783. The van der Waals surface area contributed by atoms with Crippen LogP contribution < -0.4 is 0 Å². The molecule has 2 fully saturated rings. The summed E-state index contributed by atoms with van der Waals surface area (Å²) in [5.74, 6) is 0.314. The average Bonchev–Trinajstić information content (AvgIpc) is 3.32. The van der Waals surface area contributed by atoms with Crippen molar-refractivity contribution in [2.45, 2.75) is 24.0 Å². The zero-order valence-electron chi connectivity index (χ0n) is 15.5. The largest absolute Gasteiger partial charge is 0.377 e. The van der Waals surface area contributed by atoms with Gasteiger partial charge in [0.05, 0.1) is 19.7 Å². The molecule has 27 heavy (non-hydrogen) atoms. The standard InChI is InChI=1S/C22H24N2O3/c1-26-20-14-24(21(25)10-9-17-6-5-11-23-13-17)16-22(20)12-19(15-27-22)18-7-3-2-4-8-18/h2-11,13,19-20H,12,14-16H2,1H3/t19-,20-,22-/m1/s1. The molecule has 4 rings (SSSR count). The van der Waals surface area contributed by atoms with Crippen molar-refractivity contribution in [3.05, 3.63) is 72.1 Å². The number of carbonyl (C=O) groups is 1. The number of benzene rings is 1. The Balaban J connectivity index is 1.46. The van der Waals surface area contributed by atoms with Gasteiger partial charge in [0.2, 0.25) is 5.91 Å². The first-order chi connectivity index (χ1) is 13.2. The van der Waals surface area contributed by atoms with Crippen LogP contribution in [0.5, 0.6) is 0 Å². The van der Waals surface area contributed by atoms with Crippen molar-refractivity contribution in [1.29, 1.82) is 0 Å². The van der Waals surface area contributed by atoms with E-state index in [0.717, 1.165) is 12.0 Å². The lowest BCUT2D eigenvalue weighted by atomic mass is 9.87. The van der Waals surface area contributed by atoms with Crippen LogP contribution in [0, 0.1) is 0 Å². The van der Waals surface area contributed by atoms with Gasteiger partial charge in [-0.15, -0.1) is 0 Å². The molecule has 0 N–H and O–H groups in total. The van der Waals surface area contributed by atoms with Gasteiger partial charge in [-0.2, -0.15) is 0 Å². The van der Waals surface area contributed by atoms with Gasteiger partial charge in [-0.05, 0) is 29.7 Å². The Hall–Kier alpha value is -2.50. The van der Waals surface area contributed by atoms with E-state index >= 15 is 0 Å². The maximum Gasteiger partial charge on any atom is 0.246 e. The van der Waals surface area contributed by atoms with E-state index in [2.05, 4.69) is 29.2 Å². The number of methoxy groups -OCH3 is 1. The van der Waals surface area contributed by atoms with Crippen LogP contribution in [0.1, 0.15) is 23.5 Å². The van der Waals surface area contributed by atoms with Crippen molar-refractivity contribution in [3.8, 4) is 0 Å². The third-order valence-electron chi connectivity index (χ3n) is 5.57. The number of amides is 1. The van der Waals surface area contributed by atoms with E-state index in [-0.39, 0.29) is 12.0 Å². The van der Waals surface area contributed by atoms with Crippen molar-refractivity contribution in [1.82, 2.24) is 9.88 Å². The van der Waals surface area contributed by atoms with Gasteiger partial charge in [0.15, 0.2) is 0 Å². The summed E-state index contributed by atoms with van der Waals surface area (Å²) in [6, 6.07) is 14.2. The first kappa shape index (κ1) is 17.9. The number of carbonyl (C=O) groups excluding carboxylic acids is 1. The molecular formula is C22H24N2O3. The first-order valence-corrected chi connectivity index (χ1v) is 9.29. The van der Waals surface area contributed by atoms with Crippen LogP contribution in [0.4, 0.5) is 0 Å². The molecule has 0 bridgehead atoms. The fraction of sp³-hybridized carbons (Fsp3) is 0.364. The molecule has 1 aromatic heterocycles. The number of aromatic nitrogens is 1. The summed E-state index contributed by atoms with van der Waals surface area (Å²) in [5.41, 5.74) is 1.77. The highest BCUT2D eigenvalue weighted by atomic mass is 16.6. The third kappa shape index (κ3) is 3.66. The lowest BCUT2D eigenvalue weighted by Gasteiger charge is -2.28. The molecule has 3 atom stereocenters. The number of rotatable bonds is 4. The molecule has 5 heteroatoms. The van der Waals surface area contributed by atoms with Gasteiger partial charge in [-0.3, -0.25) is 9.78 Å². The summed E-state index contributed by atoms with van der Waals surface area (Å²) in [4.78, 5) is 18.6. The molecule has 1 amide bonds. The van der Waals surface area contributed by atoms with Crippen LogP contribution in [0.15, 0.2) is 60.9 Å². The molecule has 0 aliphatic carbocycles. The van der Waals surface area contributed by atoms with Gasteiger partial charge in [0.1, 0.15) is 11.7 Å². The molecule has 5 nitrogen and oxygen atoms in total. The van der Waals surface area contributed by atoms with E-state index in [1.165, 1.54) is 5.56 Å². The minimum absolute atomic E-state index is 0.0236. The number of pyridine rings is 1. The summed E-state index contributed by atoms with van der Waals surface area (Å²) in [5, 5.41) is 0. The Kier molecular flexibility index (Phi) is 5.05. The molecular weight excluding hydrogens is 340 g/mol. The van der Waals surface area contributed by atoms with Crippen molar-refractivity contribution < 1.29 is 14.3 Å². The maximum atomic E-state index is 12.7. The second-order valence-corrected chi connectivity index (χ2v) is 7.25. The number of hydrogen-bond donors (Lipinski definition) is 0. The normalized spacial score (nSPS) is 27.7. The molecule has 1 spiro atoms. The van der Waals surface area contributed by atoms with Gasteiger partial charge in [-0.25, -0.2) is 0 Å². The number of ether oxygens (including phenoxy) is 2. The fourth-order valence-electron chi connectivity index (χ4n) is 4.14. The average molecular weight is 364 g/mol. The predicted molar refractivity (Wildman–Crippen MR) is 103 cm³/mol. The van der Waals surface area contributed by atoms with Gasteiger partial charge in [-0.1, -0.05) is 36.4 Å². The van der Waals surface area contributed by atoms with Crippen molar-refractivity contribution >= 4 is 12.0 Å². The topological polar surface area (TPSA) is 51.7 Å². The highest BCUT2D eigenvalue weighted by Crippen LogP contribution is 2.43. The monoisotopic (exact) mass is 364 g/mol. The highest BCUT2D eigenvalue weighted by molar-refractivity contribution is 5.92. The van der Waals surface area contributed by atoms with E-state index < -0.39 is 5.60 Å². The number of hydrogen-bond acceptors (Lipinski definition) is 4. The number of nitrogens with zero attached hydrogens (tertiary/aromatic N) is 2. The minimum atomic E-state index is -0.424. The zero-order valence-corrected chi connectivity index (χ0v) is 15.5. The molecule has 0 saturated carbocycles. The highest BCUT2D eigenvalue weighted by Gasteiger charge is 2.53. The molecule has 1 aromatic carbocycles. The van der Waals surface area contributed by atoms with E-state index in [9.17, 15) is 4.79 Å². The molecule has 2 aliphatic heterocycles. The Morgan fingerprint density at radius 1 is 1.30 bits per heavy atom. The summed E-state index contributed by atoms with van der Waals surface area (Å²) < 4.78 is 12.0. The number of likely N-dealkylation sites (tertiary alicyclic amines) is 1. The zero-order chi connectivity index (χ0) is 18.7. The lowest BCUT2D eigenvalue weighted by molar-refractivity contribution is -0.126. The molecule has 140 valence electrons. The Morgan fingerprint density at radius 3 is 2.89 bits per heavy atom. The minimum Gasteiger partial charge on any atom is -0.377 e. The predicted octanol–water partition coefficient (Wildman–Crippen LogP) is 2.89. The van der Waals surface area contributed by atoms with Crippen LogP contribution in [0.25, 0.3) is 6.08 Å². The SMILES string of the molecule is CO[C@@H]1CN(C(=O)C=Cc2cccnc2)C[C@]12C[C@@H](c1ccccc1)CO2. The first-order valence-electron chi connectivity index (χ1n) is 9.29. The second kappa shape index (κ2) is 7.62. The van der Waals surface area contributed by atoms with Gasteiger partial charge in [0, 0.05) is 31.5 Å². The van der Waals surface area contributed by atoms with Crippen molar-refractivity contribution in [2.24, 2.45) is 0 Å².